The lowest BCUT2D eigenvalue weighted by Crippen LogP contribution is -2.52. The molecule has 1 aromatic heterocycles. The fourth-order valence-electron chi connectivity index (χ4n) is 4.10. The number of nitrogens with zero attached hydrogens (tertiary/aromatic N) is 4. The van der Waals surface area contributed by atoms with Gasteiger partial charge in [-0.15, -0.1) is 0 Å². The van der Waals surface area contributed by atoms with Crippen LogP contribution in [0.15, 0.2) is 48.8 Å². The van der Waals surface area contributed by atoms with E-state index in [0.29, 0.717) is 48.0 Å². The van der Waals surface area contributed by atoms with Crippen molar-refractivity contribution in [1.29, 1.82) is 0 Å². The van der Waals surface area contributed by atoms with Gasteiger partial charge in [-0.2, -0.15) is 0 Å². The van der Waals surface area contributed by atoms with Crippen molar-refractivity contribution in [2.45, 2.75) is 13.0 Å². The second kappa shape index (κ2) is 9.60. The van der Waals surface area contributed by atoms with Crippen LogP contribution in [0.2, 0.25) is 5.02 Å². The summed E-state index contributed by atoms with van der Waals surface area (Å²) in [6, 6.07) is 9.93. The van der Waals surface area contributed by atoms with Gasteiger partial charge in [-0.25, -0.2) is 0 Å². The summed E-state index contributed by atoms with van der Waals surface area (Å²) in [7, 11) is 1.54. The van der Waals surface area contributed by atoms with Gasteiger partial charge in [0.15, 0.2) is 0 Å². The number of nitro benzene ring substituents is 1. The number of halogens is 1. The molecule has 172 valence electrons. The van der Waals surface area contributed by atoms with Crippen LogP contribution in [0.4, 0.5) is 17.1 Å². The number of ether oxygens (including phenoxy) is 1. The highest BCUT2D eigenvalue weighted by Gasteiger charge is 2.27. The van der Waals surface area contributed by atoms with Gasteiger partial charge in [-0.3, -0.25) is 24.8 Å². The Morgan fingerprint density at radius 1 is 1.18 bits per heavy atom. The van der Waals surface area contributed by atoms with E-state index >= 15 is 0 Å². The fraction of sp³-hybridized carbons (Fsp3) is 0.304. The number of benzene rings is 2. The van der Waals surface area contributed by atoms with Crippen molar-refractivity contribution in [3.8, 4) is 5.75 Å². The monoisotopic (exact) mass is 469 g/mol. The Bertz CT molecular complexity index is 1200. The predicted molar refractivity (Wildman–Crippen MR) is 128 cm³/mol. The maximum atomic E-state index is 12.8. The zero-order valence-corrected chi connectivity index (χ0v) is 19.1. The van der Waals surface area contributed by atoms with Crippen LogP contribution in [0.25, 0.3) is 10.8 Å². The highest BCUT2D eigenvalue weighted by atomic mass is 35.5. The molecular weight excluding hydrogens is 446 g/mol. The van der Waals surface area contributed by atoms with Gasteiger partial charge < -0.3 is 15.0 Å². The summed E-state index contributed by atoms with van der Waals surface area (Å²) in [6.07, 6.45) is 3.18. The molecule has 1 amide bonds. The Labute approximate surface area is 196 Å². The first-order valence-electron chi connectivity index (χ1n) is 10.5. The molecule has 33 heavy (non-hydrogen) atoms. The first-order chi connectivity index (χ1) is 15.9. The Kier molecular flexibility index (Phi) is 6.62. The summed E-state index contributed by atoms with van der Waals surface area (Å²) < 4.78 is 5.14. The maximum Gasteiger partial charge on any atom is 0.278 e. The van der Waals surface area contributed by atoms with E-state index in [1.54, 1.807) is 36.5 Å². The molecule has 0 saturated carbocycles. The van der Waals surface area contributed by atoms with Gasteiger partial charge in [0.05, 0.1) is 28.5 Å². The second-order valence-corrected chi connectivity index (χ2v) is 8.23. The van der Waals surface area contributed by atoms with Gasteiger partial charge in [0.25, 0.3) is 5.69 Å². The number of rotatable bonds is 6. The van der Waals surface area contributed by atoms with Gasteiger partial charge in [0, 0.05) is 61.4 Å². The van der Waals surface area contributed by atoms with Crippen molar-refractivity contribution >= 4 is 45.3 Å². The Hall–Kier alpha value is -3.43. The van der Waals surface area contributed by atoms with Crippen LogP contribution < -0.4 is 15.0 Å². The summed E-state index contributed by atoms with van der Waals surface area (Å²) in [4.78, 5) is 32.1. The number of hydrogen-bond donors (Lipinski definition) is 1. The van der Waals surface area contributed by atoms with Gasteiger partial charge in [0.1, 0.15) is 5.75 Å². The number of anilines is 2. The van der Waals surface area contributed by atoms with Gasteiger partial charge in [-0.1, -0.05) is 11.6 Å². The first-order valence-corrected chi connectivity index (χ1v) is 10.9. The number of nitrogens with one attached hydrogen (secondary N) is 1. The van der Waals surface area contributed by atoms with E-state index in [9.17, 15) is 14.9 Å². The average molecular weight is 470 g/mol. The molecule has 1 fully saturated rings. The molecular formula is C23H24ClN5O4. The predicted octanol–water partition coefficient (Wildman–Crippen LogP) is 3.95. The summed E-state index contributed by atoms with van der Waals surface area (Å²) in [6.45, 7) is 4.63. The third-order valence-electron chi connectivity index (χ3n) is 5.97. The highest BCUT2D eigenvalue weighted by Crippen LogP contribution is 2.33. The lowest BCUT2D eigenvalue weighted by Gasteiger charge is -2.38. The number of aromatic nitrogens is 1. The van der Waals surface area contributed by atoms with Crippen molar-refractivity contribution in [3.05, 3.63) is 63.9 Å². The lowest BCUT2D eigenvalue weighted by atomic mass is 10.1. The van der Waals surface area contributed by atoms with Crippen molar-refractivity contribution in [3.63, 3.8) is 0 Å². The molecule has 4 rings (SSSR count). The van der Waals surface area contributed by atoms with E-state index in [0.717, 1.165) is 11.1 Å². The number of piperazine rings is 1. The average Bonchev–Trinajstić information content (AvgIpc) is 2.83. The number of pyridine rings is 1. The van der Waals surface area contributed by atoms with E-state index in [1.165, 1.54) is 19.4 Å². The molecule has 1 unspecified atom stereocenters. The minimum atomic E-state index is -0.387. The molecule has 1 aliphatic rings. The molecule has 2 heterocycles. The molecule has 0 spiro atoms. The van der Waals surface area contributed by atoms with E-state index in [-0.39, 0.29) is 22.6 Å². The Morgan fingerprint density at radius 2 is 1.94 bits per heavy atom. The number of methoxy groups -OCH3 is 1. The van der Waals surface area contributed by atoms with Gasteiger partial charge in [-0.05, 0) is 37.3 Å². The van der Waals surface area contributed by atoms with Crippen LogP contribution in [0, 0.1) is 10.1 Å². The molecule has 0 aliphatic carbocycles. The summed E-state index contributed by atoms with van der Waals surface area (Å²) >= 11 is 6.15. The standard InChI is InChI=1S/C23H24ClN5O4/c1-15(23(30)26-16-3-6-22(33-2)19(24)13-16)27-9-11-28(12-10-27)20-4-5-21(29(31)32)18-14-25-8-7-17(18)20/h3-8,13-15H,9-12H2,1-2H3,(H,26,30). The minimum absolute atomic E-state index is 0.0458. The Morgan fingerprint density at radius 3 is 2.61 bits per heavy atom. The quantitative estimate of drug-likeness (QED) is 0.430. The number of carbonyl (C=O) groups is 1. The summed E-state index contributed by atoms with van der Waals surface area (Å²) in [5, 5.41) is 16.0. The van der Waals surface area contributed by atoms with Crippen LogP contribution in [-0.2, 0) is 4.79 Å². The van der Waals surface area contributed by atoms with Gasteiger partial charge >= 0.3 is 0 Å². The largest absolute Gasteiger partial charge is 0.495 e. The topological polar surface area (TPSA) is 101 Å². The highest BCUT2D eigenvalue weighted by molar-refractivity contribution is 6.32. The van der Waals surface area contributed by atoms with Crippen molar-refractivity contribution in [2.24, 2.45) is 0 Å². The SMILES string of the molecule is COc1ccc(NC(=O)C(C)N2CCN(c3ccc([N+](=O)[O-])c4cnccc34)CC2)cc1Cl. The third kappa shape index (κ3) is 4.69. The number of hydrogen-bond acceptors (Lipinski definition) is 7. The molecule has 10 heteroatoms. The summed E-state index contributed by atoms with van der Waals surface area (Å²) in [5.74, 6) is 0.435. The van der Waals surface area contributed by atoms with Crippen molar-refractivity contribution in [2.75, 3.05) is 43.5 Å². The van der Waals surface area contributed by atoms with E-state index in [1.807, 2.05) is 6.92 Å². The minimum Gasteiger partial charge on any atom is -0.495 e. The normalized spacial score (nSPS) is 15.3. The van der Waals surface area contributed by atoms with Gasteiger partial charge in [0.2, 0.25) is 5.91 Å². The van der Waals surface area contributed by atoms with Crippen LogP contribution in [0.1, 0.15) is 6.92 Å². The number of amides is 1. The molecule has 2 aromatic carbocycles. The molecule has 0 radical (unpaired) electrons. The first kappa shape index (κ1) is 22.8. The summed E-state index contributed by atoms with van der Waals surface area (Å²) in [5.41, 5.74) is 1.59. The van der Waals surface area contributed by atoms with Crippen LogP contribution in [-0.4, -0.2) is 60.0 Å². The smallest absolute Gasteiger partial charge is 0.278 e. The number of non-ortho nitro benzene ring substituents is 1. The third-order valence-corrected chi connectivity index (χ3v) is 6.27. The fourth-order valence-corrected chi connectivity index (χ4v) is 4.36. The number of fused-ring (bicyclic) bond motifs is 1. The van der Waals surface area contributed by atoms with E-state index in [2.05, 4.69) is 20.1 Å². The molecule has 1 atom stereocenters. The Balaban J connectivity index is 1.42. The molecule has 9 nitrogen and oxygen atoms in total. The molecule has 1 saturated heterocycles. The van der Waals surface area contributed by atoms with Crippen molar-refractivity contribution in [1.82, 2.24) is 9.88 Å². The number of nitro groups is 1. The zero-order chi connectivity index (χ0) is 23.5. The molecule has 3 aromatic rings. The molecule has 1 N–H and O–H groups in total. The van der Waals surface area contributed by atoms with Crippen LogP contribution >= 0.6 is 11.6 Å². The molecule has 1 aliphatic heterocycles. The lowest BCUT2D eigenvalue weighted by molar-refractivity contribution is -0.383. The molecule has 0 bridgehead atoms. The van der Waals surface area contributed by atoms with Crippen molar-refractivity contribution < 1.29 is 14.5 Å². The number of carbonyl (C=O) groups excluding carboxylic acids is 1. The van der Waals surface area contributed by atoms with Crippen LogP contribution in [0.5, 0.6) is 5.75 Å². The van der Waals surface area contributed by atoms with Crippen LogP contribution in [0.3, 0.4) is 0 Å². The maximum absolute atomic E-state index is 12.8. The zero-order valence-electron chi connectivity index (χ0n) is 18.3. The second-order valence-electron chi connectivity index (χ2n) is 7.82. The van der Waals surface area contributed by atoms with E-state index < -0.39 is 0 Å². The van der Waals surface area contributed by atoms with E-state index in [4.69, 9.17) is 16.3 Å².